The largest absolute Gasteiger partial charge is 0.481 e. The zero-order chi connectivity index (χ0) is 19.9. The molecule has 0 saturated carbocycles. The third-order valence-electron chi connectivity index (χ3n) is 3.91. The van der Waals surface area contributed by atoms with Gasteiger partial charge in [-0.25, -0.2) is 4.79 Å². The number of carbonyl (C=O) groups excluding carboxylic acids is 1. The molecule has 0 spiro atoms. The second kappa shape index (κ2) is 8.81. The van der Waals surface area contributed by atoms with E-state index in [4.69, 9.17) is 9.52 Å². The van der Waals surface area contributed by atoms with Crippen molar-refractivity contribution < 1.29 is 19.1 Å². The number of rotatable bonds is 7. The second-order valence-corrected chi connectivity index (χ2v) is 6.27. The van der Waals surface area contributed by atoms with Crippen LogP contribution in [0.2, 0.25) is 0 Å². The number of hydrogen-bond donors (Lipinski definition) is 3. The van der Waals surface area contributed by atoms with Crippen LogP contribution in [-0.4, -0.2) is 27.3 Å². The number of aromatic nitrogens is 2. The van der Waals surface area contributed by atoms with Gasteiger partial charge in [0.25, 0.3) is 0 Å². The molecule has 144 valence electrons. The minimum Gasteiger partial charge on any atom is -0.481 e. The van der Waals surface area contributed by atoms with E-state index in [2.05, 4.69) is 20.8 Å². The molecule has 3 aromatic rings. The van der Waals surface area contributed by atoms with Crippen molar-refractivity contribution in [1.82, 2.24) is 10.2 Å². The number of amides is 2. The number of carboxylic acid groups (broad SMARTS) is 1. The van der Waals surface area contributed by atoms with Crippen molar-refractivity contribution in [3.63, 3.8) is 0 Å². The Bertz CT molecular complexity index is 966. The van der Waals surface area contributed by atoms with Gasteiger partial charge in [0, 0.05) is 29.8 Å². The summed E-state index contributed by atoms with van der Waals surface area (Å²) in [6.45, 7) is 1.96. The van der Waals surface area contributed by atoms with Crippen LogP contribution >= 0.6 is 0 Å². The molecular weight excluding hydrogens is 360 g/mol. The first-order valence-corrected chi connectivity index (χ1v) is 8.79. The van der Waals surface area contributed by atoms with E-state index >= 15 is 0 Å². The lowest BCUT2D eigenvalue weighted by atomic mass is 10.2. The van der Waals surface area contributed by atoms with E-state index < -0.39 is 5.97 Å². The van der Waals surface area contributed by atoms with Crippen molar-refractivity contribution in [3.05, 3.63) is 60.0 Å². The summed E-state index contributed by atoms with van der Waals surface area (Å²) in [4.78, 5) is 22.6. The van der Waals surface area contributed by atoms with Crippen LogP contribution in [0.25, 0.3) is 11.5 Å². The van der Waals surface area contributed by atoms with Crippen molar-refractivity contribution in [2.75, 3.05) is 10.6 Å². The van der Waals surface area contributed by atoms with Crippen molar-refractivity contribution in [2.45, 2.75) is 26.2 Å². The van der Waals surface area contributed by atoms with E-state index in [9.17, 15) is 9.59 Å². The zero-order valence-corrected chi connectivity index (χ0v) is 15.3. The minimum absolute atomic E-state index is 0.0582. The first-order valence-electron chi connectivity index (χ1n) is 8.79. The smallest absolute Gasteiger partial charge is 0.323 e. The summed E-state index contributed by atoms with van der Waals surface area (Å²) < 4.78 is 5.55. The molecule has 8 nitrogen and oxygen atoms in total. The number of hydrogen-bond acceptors (Lipinski definition) is 5. The van der Waals surface area contributed by atoms with Crippen molar-refractivity contribution >= 4 is 23.4 Å². The Kier molecular flexibility index (Phi) is 6.01. The Morgan fingerprint density at radius 1 is 1.04 bits per heavy atom. The average molecular weight is 380 g/mol. The first-order chi connectivity index (χ1) is 13.5. The molecule has 0 atom stereocenters. The molecule has 0 aliphatic rings. The van der Waals surface area contributed by atoms with E-state index in [-0.39, 0.29) is 12.5 Å². The lowest BCUT2D eigenvalue weighted by molar-refractivity contribution is -0.137. The Morgan fingerprint density at radius 3 is 2.50 bits per heavy atom. The molecule has 0 aliphatic carbocycles. The highest BCUT2D eigenvalue weighted by molar-refractivity contribution is 5.99. The van der Waals surface area contributed by atoms with Gasteiger partial charge in [0.15, 0.2) is 0 Å². The van der Waals surface area contributed by atoms with Crippen LogP contribution in [0.4, 0.5) is 16.2 Å². The van der Waals surface area contributed by atoms with E-state index in [1.165, 1.54) is 0 Å². The molecule has 0 fully saturated rings. The molecule has 0 saturated heterocycles. The Hall–Kier alpha value is -3.68. The number of nitrogens with one attached hydrogen (secondary N) is 2. The quantitative estimate of drug-likeness (QED) is 0.568. The fraction of sp³-hybridized carbons (Fsp3) is 0.200. The van der Waals surface area contributed by atoms with Crippen LogP contribution in [0.15, 0.2) is 52.9 Å². The van der Waals surface area contributed by atoms with Gasteiger partial charge in [-0.3, -0.25) is 4.79 Å². The average Bonchev–Trinajstić information content (AvgIpc) is 3.11. The molecule has 0 aliphatic heterocycles. The molecule has 2 aromatic carbocycles. The fourth-order valence-corrected chi connectivity index (χ4v) is 2.57. The molecule has 0 unspecified atom stereocenters. The van der Waals surface area contributed by atoms with Gasteiger partial charge in [0.1, 0.15) is 0 Å². The van der Waals surface area contributed by atoms with Gasteiger partial charge in [0.2, 0.25) is 11.8 Å². The molecular formula is C20H20N4O4. The molecule has 28 heavy (non-hydrogen) atoms. The van der Waals surface area contributed by atoms with Crippen LogP contribution in [0.1, 0.15) is 24.3 Å². The topological polar surface area (TPSA) is 117 Å². The van der Waals surface area contributed by atoms with E-state index in [0.29, 0.717) is 35.9 Å². The Morgan fingerprint density at radius 2 is 1.79 bits per heavy atom. The number of carboxylic acids is 1. The molecule has 1 heterocycles. The number of aliphatic carboxylic acids is 1. The summed E-state index contributed by atoms with van der Waals surface area (Å²) >= 11 is 0. The predicted molar refractivity (Wildman–Crippen MR) is 104 cm³/mol. The van der Waals surface area contributed by atoms with Gasteiger partial charge in [0.05, 0.1) is 0 Å². The highest BCUT2D eigenvalue weighted by atomic mass is 16.4. The Labute approximate surface area is 161 Å². The third-order valence-corrected chi connectivity index (χ3v) is 3.91. The molecule has 0 radical (unpaired) electrons. The van der Waals surface area contributed by atoms with Crippen LogP contribution in [0.5, 0.6) is 0 Å². The molecule has 3 N–H and O–H groups in total. The van der Waals surface area contributed by atoms with Crippen LogP contribution in [-0.2, 0) is 11.2 Å². The standard InChI is InChI=1S/C20H20N4O4/c1-13-4-2-5-16(12-13)22-20(27)21-15-10-8-14(9-11-15)19-24-23-17(28-19)6-3-7-18(25)26/h2,4-5,8-12H,3,6-7H2,1H3,(H,25,26)(H2,21,22,27). The summed E-state index contributed by atoms with van der Waals surface area (Å²) in [6, 6.07) is 14.2. The molecule has 0 bridgehead atoms. The van der Waals surface area contributed by atoms with Crippen LogP contribution in [0, 0.1) is 6.92 Å². The van der Waals surface area contributed by atoms with Gasteiger partial charge < -0.3 is 20.2 Å². The van der Waals surface area contributed by atoms with Gasteiger partial charge in [-0.1, -0.05) is 12.1 Å². The first kappa shape index (κ1) is 19.1. The second-order valence-electron chi connectivity index (χ2n) is 6.27. The number of benzene rings is 2. The zero-order valence-electron chi connectivity index (χ0n) is 15.3. The van der Waals surface area contributed by atoms with Gasteiger partial charge in [-0.2, -0.15) is 0 Å². The van der Waals surface area contributed by atoms with E-state index in [0.717, 1.165) is 11.3 Å². The van der Waals surface area contributed by atoms with Crippen LogP contribution < -0.4 is 10.6 Å². The summed E-state index contributed by atoms with van der Waals surface area (Å²) in [5.74, 6) is -0.105. The lowest BCUT2D eigenvalue weighted by Gasteiger charge is -2.08. The van der Waals surface area contributed by atoms with E-state index in [1.54, 1.807) is 24.3 Å². The highest BCUT2D eigenvalue weighted by Crippen LogP contribution is 2.21. The lowest BCUT2D eigenvalue weighted by Crippen LogP contribution is -2.19. The Balaban J connectivity index is 1.56. The van der Waals surface area contributed by atoms with Gasteiger partial charge >= 0.3 is 12.0 Å². The highest BCUT2D eigenvalue weighted by Gasteiger charge is 2.10. The predicted octanol–water partition coefficient (Wildman–Crippen LogP) is 4.10. The number of urea groups is 1. The number of nitrogens with zero attached hydrogens (tertiary/aromatic N) is 2. The molecule has 1 aromatic heterocycles. The summed E-state index contributed by atoms with van der Waals surface area (Å²) in [6.07, 6.45) is 0.913. The number of aryl methyl sites for hydroxylation is 2. The van der Waals surface area contributed by atoms with E-state index in [1.807, 2.05) is 31.2 Å². The maximum Gasteiger partial charge on any atom is 0.323 e. The molecule has 2 amide bonds. The fourth-order valence-electron chi connectivity index (χ4n) is 2.57. The number of anilines is 2. The van der Waals surface area contributed by atoms with Crippen LogP contribution in [0.3, 0.4) is 0 Å². The van der Waals surface area contributed by atoms with Crippen molar-refractivity contribution in [1.29, 1.82) is 0 Å². The normalized spacial score (nSPS) is 10.5. The molecule has 3 rings (SSSR count). The SMILES string of the molecule is Cc1cccc(NC(=O)Nc2ccc(-c3nnc(CCCC(=O)O)o3)cc2)c1. The van der Waals surface area contributed by atoms with Gasteiger partial charge in [-0.15, -0.1) is 10.2 Å². The molecule has 8 heteroatoms. The summed E-state index contributed by atoms with van der Waals surface area (Å²) in [5, 5.41) is 22.1. The minimum atomic E-state index is -0.853. The van der Waals surface area contributed by atoms with Crippen molar-refractivity contribution in [3.8, 4) is 11.5 Å². The van der Waals surface area contributed by atoms with Crippen molar-refractivity contribution in [2.24, 2.45) is 0 Å². The van der Waals surface area contributed by atoms with Gasteiger partial charge in [-0.05, 0) is 55.3 Å². The maximum absolute atomic E-state index is 12.1. The summed E-state index contributed by atoms with van der Waals surface area (Å²) in [7, 11) is 0. The maximum atomic E-state index is 12.1. The third kappa shape index (κ3) is 5.41. The monoisotopic (exact) mass is 380 g/mol. The number of carbonyl (C=O) groups is 2. The summed E-state index contributed by atoms with van der Waals surface area (Å²) in [5.41, 5.74) is 3.11.